The molecule has 0 spiro atoms. The van der Waals surface area contributed by atoms with Crippen molar-refractivity contribution in [2.75, 3.05) is 5.73 Å². The van der Waals surface area contributed by atoms with Crippen LogP contribution in [0.15, 0.2) is 24.3 Å². The van der Waals surface area contributed by atoms with Gasteiger partial charge >= 0.3 is 5.97 Å². The second kappa shape index (κ2) is 4.65. The molecule has 0 bridgehead atoms. The normalized spacial score (nSPS) is 10.4. The Hall–Kier alpha value is -2.48. The Kier molecular flexibility index (Phi) is 3.17. The van der Waals surface area contributed by atoms with Gasteiger partial charge in [0, 0.05) is 4.88 Å². The van der Waals surface area contributed by atoms with Crippen LogP contribution in [0.2, 0.25) is 0 Å². The number of carboxylic acids is 1. The van der Waals surface area contributed by atoms with Crippen LogP contribution in [-0.4, -0.2) is 16.0 Å². The van der Waals surface area contributed by atoms with Crippen LogP contribution in [0.1, 0.15) is 9.67 Å². The van der Waals surface area contributed by atoms with Crippen molar-refractivity contribution in [2.45, 2.75) is 0 Å². The highest BCUT2D eigenvalue weighted by Crippen LogP contribution is 2.38. The molecule has 1 aromatic heterocycles. The van der Waals surface area contributed by atoms with E-state index in [0.717, 1.165) is 23.5 Å². The summed E-state index contributed by atoms with van der Waals surface area (Å²) in [6, 6.07) is 4.41. The molecule has 0 unspecified atom stereocenters. The summed E-state index contributed by atoms with van der Waals surface area (Å²) in [5, 5.41) is 19.8. The zero-order chi connectivity index (χ0) is 14.2. The first kappa shape index (κ1) is 13.0. The Bertz CT molecular complexity index is 683. The van der Waals surface area contributed by atoms with Crippen molar-refractivity contribution >= 4 is 28.7 Å². The number of nitro groups is 1. The lowest BCUT2D eigenvalue weighted by Crippen LogP contribution is -1.96. The van der Waals surface area contributed by atoms with E-state index in [-0.39, 0.29) is 16.1 Å². The van der Waals surface area contributed by atoms with Gasteiger partial charge in [-0.3, -0.25) is 10.1 Å². The Morgan fingerprint density at radius 3 is 2.63 bits per heavy atom. The third-order valence-corrected chi connectivity index (χ3v) is 3.55. The van der Waals surface area contributed by atoms with Crippen molar-refractivity contribution in [2.24, 2.45) is 0 Å². The number of halogens is 1. The minimum absolute atomic E-state index is 0.0196. The Labute approximate surface area is 110 Å². The fraction of sp³-hybridized carbons (Fsp3) is 0. The summed E-state index contributed by atoms with van der Waals surface area (Å²) in [5.74, 6) is -1.95. The van der Waals surface area contributed by atoms with Crippen LogP contribution in [0.4, 0.5) is 15.8 Å². The number of rotatable bonds is 3. The van der Waals surface area contributed by atoms with E-state index < -0.39 is 22.4 Å². The molecule has 0 atom stereocenters. The maximum Gasteiger partial charge on any atom is 0.348 e. The lowest BCUT2D eigenvalue weighted by atomic mass is 10.1. The molecule has 0 radical (unpaired) electrons. The zero-order valence-electron chi connectivity index (χ0n) is 9.29. The van der Waals surface area contributed by atoms with E-state index in [2.05, 4.69) is 0 Å². The van der Waals surface area contributed by atoms with E-state index in [9.17, 15) is 19.3 Å². The van der Waals surface area contributed by atoms with Crippen LogP contribution >= 0.6 is 11.3 Å². The summed E-state index contributed by atoms with van der Waals surface area (Å²) >= 11 is 0.807. The molecule has 0 fully saturated rings. The van der Waals surface area contributed by atoms with Gasteiger partial charge in [0.1, 0.15) is 10.7 Å². The van der Waals surface area contributed by atoms with Crippen molar-refractivity contribution in [3.8, 4) is 10.4 Å². The van der Waals surface area contributed by atoms with Gasteiger partial charge < -0.3 is 10.8 Å². The predicted octanol–water partition coefficient (Wildman–Crippen LogP) is 2.74. The molecule has 8 heteroatoms. The van der Waals surface area contributed by atoms with Crippen molar-refractivity contribution < 1.29 is 19.2 Å². The molecule has 0 amide bonds. The molecule has 0 aliphatic rings. The molecule has 0 saturated heterocycles. The van der Waals surface area contributed by atoms with E-state index in [1.54, 1.807) is 0 Å². The maximum atomic E-state index is 13.0. The number of nitrogens with zero attached hydrogens (tertiary/aromatic N) is 1. The van der Waals surface area contributed by atoms with Gasteiger partial charge in [0.05, 0.1) is 22.2 Å². The largest absolute Gasteiger partial charge is 0.477 e. The smallest absolute Gasteiger partial charge is 0.348 e. The highest BCUT2D eigenvalue weighted by molar-refractivity contribution is 7.18. The Morgan fingerprint density at radius 2 is 2.11 bits per heavy atom. The number of nitrogens with two attached hydrogens (primary N) is 1. The molecular formula is C11H7FN2O4S. The van der Waals surface area contributed by atoms with Gasteiger partial charge in [-0.15, -0.1) is 11.3 Å². The first-order valence-electron chi connectivity index (χ1n) is 4.97. The number of thiophene rings is 1. The monoisotopic (exact) mass is 282 g/mol. The molecule has 0 saturated carbocycles. The average Bonchev–Trinajstić information content (AvgIpc) is 2.71. The average molecular weight is 282 g/mol. The Morgan fingerprint density at radius 1 is 1.42 bits per heavy atom. The number of anilines is 1. The number of carboxylic acid groups (broad SMARTS) is 1. The van der Waals surface area contributed by atoms with E-state index in [4.69, 9.17) is 10.8 Å². The molecule has 2 aromatic rings. The van der Waals surface area contributed by atoms with Gasteiger partial charge in [0.25, 0.3) is 5.69 Å². The third kappa shape index (κ3) is 2.38. The van der Waals surface area contributed by atoms with Crippen molar-refractivity contribution in [3.63, 3.8) is 0 Å². The lowest BCUT2D eigenvalue weighted by Gasteiger charge is -1.99. The molecule has 1 heterocycles. The van der Waals surface area contributed by atoms with Crippen molar-refractivity contribution in [1.82, 2.24) is 0 Å². The van der Waals surface area contributed by atoms with Crippen LogP contribution in [0.3, 0.4) is 0 Å². The quantitative estimate of drug-likeness (QED) is 0.665. The third-order valence-electron chi connectivity index (χ3n) is 2.38. The number of carbonyl (C=O) groups is 1. The van der Waals surface area contributed by atoms with Gasteiger partial charge in [-0.2, -0.15) is 0 Å². The fourth-order valence-electron chi connectivity index (χ4n) is 1.57. The number of hydrogen-bond donors (Lipinski definition) is 2. The second-order valence-electron chi connectivity index (χ2n) is 3.62. The van der Waals surface area contributed by atoms with E-state index >= 15 is 0 Å². The van der Waals surface area contributed by atoms with Gasteiger partial charge in [-0.1, -0.05) is 0 Å². The maximum absolute atomic E-state index is 13.0. The first-order chi connectivity index (χ1) is 8.90. The van der Waals surface area contributed by atoms with Gasteiger partial charge in [-0.05, 0) is 18.2 Å². The summed E-state index contributed by atoms with van der Waals surface area (Å²) in [5.41, 5.74) is 5.24. The number of nitro benzene ring substituents is 1. The summed E-state index contributed by atoms with van der Waals surface area (Å²) in [6.07, 6.45) is 0. The molecule has 0 aliphatic carbocycles. The molecule has 19 heavy (non-hydrogen) atoms. The topological polar surface area (TPSA) is 106 Å². The van der Waals surface area contributed by atoms with Crippen LogP contribution < -0.4 is 5.73 Å². The summed E-state index contributed by atoms with van der Waals surface area (Å²) in [7, 11) is 0. The number of benzene rings is 1. The summed E-state index contributed by atoms with van der Waals surface area (Å²) in [6.45, 7) is 0. The summed E-state index contributed by atoms with van der Waals surface area (Å²) < 4.78 is 13.0. The first-order valence-corrected chi connectivity index (χ1v) is 5.78. The van der Waals surface area contributed by atoms with Gasteiger partial charge in [0.15, 0.2) is 0 Å². The lowest BCUT2D eigenvalue weighted by molar-refractivity contribution is -0.384. The van der Waals surface area contributed by atoms with E-state index in [1.807, 2.05) is 0 Å². The molecule has 6 nitrogen and oxygen atoms in total. The van der Waals surface area contributed by atoms with E-state index in [1.165, 1.54) is 12.1 Å². The molecule has 3 N–H and O–H groups in total. The van der Waals surface area contributed by atoms with Crippen LogP contribution in [0.5, 0.6) is 0 Å². The standard InChI is InChI=1S/C11H7FN2O4S/c12-5-1-2-6(8(3-5)14(17)18)9-4-7(13)10(19-9)11(15)16/h1-4H,13H2,(H,15,16). The second-order valence-corrected chi connectivity index (χ2v) is 4.67. The highest BCUT2D eigenvalue weighted by Gasteiger charge is 2.21. The SMILES string of the molecule is Nc1cc(-c2ccc(F)cc2[N+](=O)[O-])sc1C(=O)O. The number of nitrogen functional groups attached to an aromatic ring is 1. The molecule has 2 rings (SSSR count). The van der Waals surface area contributed by atoms with E-state index in [0.29, 0.717) is 4.88 Å². The van der Waals surface area contributed by atoms with Crippen molar-refractivity contribution in [1.29, 1.82) is 0 Å². The van der Waals surface area contributed by atoms with Crippen molar-refractivity contribution in [3.05, 3.63) is 45.1 Å². The minimum Gasteiger partial charge on any atom is -0.477 e. The Balaban J connectivity index is 2.62. The van der Waals surface area contributed by atoms with Gasteiger partial charge in [-0.25, -0.2) is 9.18 Å². The van der Waals surface area contributed by atoms with Gasteiger partial charge in [0.2, 0.25) is 0 Å². The number of hydrogen-bond acceptors (Lipinski definition) is 5. The predicted molar refractivity (Wildman–Crippen MR) is 67.7 cm³/mol. The molecule has 98 valence electrons. The highest BCUT2D eigenvalue weighted by atomic mass is 32.1. The fourth-order valence-corrected chi connectivity index (χ4v) is 2.52. The number of aromatic carboxylic acids is 1. The van der Waals surface area contributed by atoms with Crippen LogP contribution in [0.25, 0.3) is 10.4 Å². The molecular weight excluding hydrogens is 275 g/mol. The molecule has 0 aliphatic heterocycles. The van der Waals surface area contributed by atoms with Crippen LogP contribution in [-0.2, 0) is 0 Å². The summed E-state index contributed by atoms with van der Waals surface area (Å²) in [4.78, 5) is 21.2. The zero-order valence-corrected chi connectivity index (χ0v) is 10.1. The van der Waals surface area contributed by atoms with Crippen LogP contribution in [0, 0.1) is 15.9 Å². The minimum atomic E-state index is -1.21. The molecule has 1 aromatic carbocycles.